The van der Waals surface area contributed by atoms with Crippen molar-refractivity contribution in [3.8, 4) is 0 Å². The Hall–Kier alpha value is -0.570. The second kappa shape index (κ2) is 5.67. The van der Waals surface area contributed by atoms with Crippen LogP contribution in [0.5, 0.6) is 0 Å². The Kier molecular flexibility index (Phi) is 4.07. The first-order valence-corrected chi connectivity index (χ1v) is 8.49. The third-order valence-electron chi connectivity index (χ3n) is 6.49. The topological polar surface area (TPSA) is 38.3 Å². The van der Waals surface area contributed by atoms with Crippen molar-refractivity contribution in [1.82, 2.24) is 5.32 Å². The highest BCUT2D eigenvalue weighted by Gasteiger charge is 2.54. The van der Waals surface area contributed by atoms with Crippen LogP contribution in [-0.2, 0) is 9.53 Å². The molecule has 3 rings (SSSR count). The van der Waals surface area contributed by atoms with Gasteiger partial charge in [0.25, 0.3) is 0 Å². The minimum atomic E-state index is -0.116. The zero-order chi connectivity index (χ0) is 14.3. The van der Waals surface area contributed by atoms with E-state index in [0.29, 0.717) is 12.0 Å². The van der Waals surface area contributed by atoms with Crippen LogP contribution in [-0.4, -0.2) is 25.2 Å². The van der Waals surface area contributed by atoms with Gasteiger partial charge in [-0.2, -0.15) is 0 Å². The smallest absolute Gasteiger partial charge is 0.323 e. The molecule has 7 unspecified atom stereocenters. The number of carbonyl (C=O) groups is 1. The fourth-order valence-corrected chi connectivity index (χ4v) is 5.32. The Morgan fingerprint density at radius 2 is 2.00 bits per heavy atom. The van der Waals surface area contributed by atoms with Crippen LogP contribution in [0.2, 0.25) is 0 Å². The van der Waals surface area contributed by atoms with E-state index in [1.54, 1.807) is 0 Å². The molecule has 3 nitrogen and oxygen atoms in total. The fraction of sp³-hybridized carbons (Fsp3) is 0.941. The van der Waals surface area contributed by atoms with Gasteiger partial charge in [-0.1, -0.05) is 26.7 Å². The lowest BCUT2D eigenvalue weighted by Gasteiger charge is -2.35. The highest BCUT2D eigenvalue weighted by molar-refractivity contribution is 5.76. The normalized spacial score (nSPS) is 41.5. The second-order valence-corrected chi connectivity index (χ2v) is 7.31. The van der Waals surface area contributed by atoms with Crippen LogP contribution in [0.25, 0.3) is 0 Å². The summed E-state index contributed by atoms with van der Waals surface area (Å²) in [6, 6.07) is 0.437. The van der Waals surface area contributed by atoms with E-state index in [4.69, 9.17) is 4.74 Å². The molecule has 0 spiro atoms. The van der Waals surface area contributed by atoms with Crippen molar-refractivity contribution in [3.63, 3.8) is 0 Å². The fourth-order valence-electron chi connectivity index (χ4n) is 5.32. The van der Waals surface area contributed by atoms with E-state index < -0.39 is 0 Å². The van der Waals surface area contributed by atoms with Crippen LogP contribution in [0.4, 0.5) is 0 Å². The third-order valence-corrected chi connectivity index (χ3v) is 6.49. The highest BCUT2D eigenvalue weighted by Crippen LogP contribution is 2.58. The molecule has 3 aliphatic rings. The Morgan fingerprint density at radius 3 is 2.70 bits per heavy atom. The molecule has 0 amide bonds. The molecule has 0 aromatic rings. The molecule has 7 atom stereocenters. The summed E-state index contributed by atoms with van der Waals surface area (Å²) in [6.45, 7) is 4.30. The first-order chi connectivity index (χ1) is 9.65. The first kappa shape index (κ1) is 14.4. The zero-order valence-corrected chi connectivity index (χ0v) is 13.1. The Balaban J connectivity index is 1.66. The number of carbonyl (C=O) groups excluding carboxylic acids is 1. The maximum absolute atomic E-state index is 12.0. The van der Waals surface area contributed by atoms with Crippen molar-refractivity contribution < 1.29 is 9.53 Å². The zero-order valence-electron chi connectivity index (χ0n) is 13.1. The number of rotatable bonds is 5. The standard InChI is InChI=1S/C17H29NO2/c1-4-10(2)16(17(19)20-3)18-15-9-11-8-14(15)13-7-5-6-12(11)13/h10-16,18H,4-9H2,1-3H3. The summed E-state index contributed by atoms with van der Waals surface area (Å²) in [4.78, 5) is 12.0. The van der Waals surface area contributed by atoms with Crippen molar-refractivity contribution in [2.75, 3.05) is 7.11 Å². The lowest BCUT2D eigenvalue weighted by atomic mass is 9.78. The molecular formula is C17H29NO2. The Morgan fingerprint density at radius 1 is 1.25 bits per heavy atom. The first-order valence-electron chi connectivity index (χ1n) is 8.49. The molecule has 114 valence electrons. The molecule has 0 aliphatic heterocycles. The molecule has 0 radical (unpaired) electrons. The van der Waals surface area contributed by atoms with E-state index in [-0.39, 0.29) is 12.0 Å². The lowest BCUT2D eigenvalue weighted by molar-refractivity contribution is -0.145. The van der Waals surface area contributed by atoms with E-state index in [0.717, 1.165) is 30.1 Å². The van der Waals surface area contributed by atoms with Crippen molar-refractivity contribution in [2.45, 2.75) is 64.5 Å². The number of methoxy groups -OCH3 is 1. The average Bonchev–Trinajstić information content (AvgIpc) is 3.14. The van der Waals surface area contributed by atoms with E-state index >= 15 is 0 Å². The van der Waals surface area contributed by atoms with Crippen molar-refractivity contribution in [3.05, 3.63) is 0 Å². The van der Waals surface area contributed by atoms with Gasteiger partial charge in [0.05, 0.1) is 7.11 Å². The molecule has 3 aliphatic carbocycles. The molecule has 0 saturated heterocycles. The van der Waals surface area contributed by atoms with Gasteiger partial charge in [-0.15, -0.1) is 0 Å². The molecule has 0 aromatic heterocycles. The molecule has 3 fully saturated rings. The van der Waals surface area contributed by atoms with E-state index in [1.165, 1.54) is 39.2 Å². The van der Waals surface area contributed by atoms with Gasteiger partial charge in [0.1, 0.15) is 6.04 Å². The summed E-state index contributed by atoms with van der Waals surface area (Å²) in [5.74, 6) is 3.98. The van der Waals surface area contributed by atoms with Crippen LogP contribution >= 0.6 is 0 Å². The molecule has 2 bridgehead atoms. The molecule has 0 aromatic carbocycles. The average molecular weight is 279 g/mol. The van der Waals surface area contributed by atoms with Crippen LogP contribution in [0, 0.1) is 29.6 Å². The van der Waals surface area contributed by atoms with Crippen LogP contribution in [0.3, 0.4) is 0 Å². The van der Waals surface area contributed by atoms with Crippen LogP contribution < -0.4 is 5.32 Å². The van der Waals surface area contributed by atoms with Crippen molar-refractivity contribution in [1.29, 1.82) is 0 Å². The predicted molar refractivity (Wildman–Crippen MR) is 79.2 cm³/mol. The van der Waals surface area contributed by atoms with Gasteiger partial charge >= 0.3 is 5.97 Å². The minimum Gasteiger partial charge on any atom is -0.468 e. The summed E-state index contributed by atoms with van der Waals surface area (Å²) in [5.41, 5.74) is 0. The van der Waals surface area contributed by atoms with Gasteiger partial charge in [-0.3, -0.25) is 4.79 Å². The quantitative estimate of drug-likeness (QED) is 0.786. The summed E-state index contributed by atoms with van der Waals surface area (Å²) in [7, 11) is 1.51. The van der Waals surface area contributed by atoms with Gasteiger partial charge in [-0.25, -0.2) is 0 Å². The number of fused-ring (bicyclic) bond motifs is 5. The van der Waals surface area contributed by atoms with E-state index in [9.17, 15) is 4.79 Å². The predicted octanol–water partition coefficient (Wildman–Crippen LogP) is 2.99. The largest absolute Gasteiger partial charge is 0.468 e. The summed E-state index contributed by atoms with van der Waals surface area (Å²) < 4.78 is 5.01. The van der Waals surface area contributed by atoms with Gasteiger partial charge in [0, 0.05) is 6.04 Å². The van der Waals surface area contributed by atoms with Gasteiger partial charge < -0.3 is 10.1 Å². The minimum absolute atomic E-state index is 0.0786. The SMILES string of the molecule is CCC(C)C(NC1CC2CC1C1CCCC21)C(=O)OC. The summed E-state index contributed by atoms with van der Waals surface area (Å²) >= 11 is 0. The van der Waals surface area contributed by atoms with Gasteiger partial charge in [-0.05, 0) is 55.3 Å². The summed E-state index contributed by atoms with van der Waals surface area (Å²) in [6.07, 6.45) is 8.03. The van der Waals surface area contributed by atoms with E-state index in [2.05, 4.69) is 19.2 Å². The molecule has 3 heteroatoms. The Labute approximate surface area is 122 Å². The maximum atomic E-state index is 12.0. The van der Waals surface area contributed by atoms with Crippen molar-refractivity contribution >= 4 is 5.97 Å². The van der Waals surface area contributed by atoms with Crippen molar-refractivity contribution in [2.24, 2.45) is 29.6 Å². The van der Waals surface area contributed by atoms with Gasteiger partial charge in [0.2, 0.25) is 0 Å². The van der Waals surface area contributed by atoms with Gasteiger partial charge in [0.15, 0.2) is 0 Å². The third kappa shape index (κ3) is 2.28. The molecular weight excluding hydrogens is 250 g/mol. The molecule has 20 heavy (non-hydrogen) atoms. The second-order valence-electron chi connectivity index (χ2n) is 7.31. The number of ether oxygens (including phenoxy) is 1. The van der Waals surface area contributed by atoms with Crippen LogP contribution in [0.15, 0.2) is 0 Å². The number of hydrogen-bond donors (Lipinski definition) is 1. The number of esters is 1. The summed E-state index contributed by atoms with van der Waals surface area (Å²) in [5, 5.41) is 3.69. The Bertz CT molecular complexity index is 370. The van der Waals surface area contributed by atoms with Crippen LogP contribution in [0.1, 0.15) is 52.4 Å². The lowest BCUT2D eigenvalue weighted by Crippen LogP contribution is -2.51. The molecule has 3 saturated carbocycles. The molecule has 1 N–H and O–H groups in total. The number of hydrogen-bond acceptors (Lipinski definition) is 3. The van der Waals surface area contributed by atoms with E-state index in [1.807, 2.05) is 0 Å². The number of nitrogens with one attached hydrogen (secondary N) is 1. The molecule has 0 heterocycles. The maximum Gasteiger partial charge on any atom is 0.323 e. The highest BCUT2D eigenvalue weighted by atomic mass is 16.5. The monoisotopic (exact) mass is 279 g/mol.